The van der Waals surface area contributed by atoms with Crippen molar-refractivity contribution in [1.29, 1.82) is 0 Å². The van der Waals surface area contributed by atoms with Gasteiger partial charge in [-0.2, -0.15) is 0 Å². The van der Waals surface area contributed by atoms with Crippen molar-refractivity contribution in [1.82, 2.24) is 0 Å². The number of Topliss-reactive ketones (excluding diaryl/α,β-unsaturated/α-hetero) is 1. The zero-order valence-corrected chi connectivity index (χ0v) is 13.9. The molecule has 0 bridgehead atoms. The molecule has 3 N–H and O–H groups in total. The van der Waals surface area contributed by atoms with E-state index in [0.717, 1.165) is 11.6 Å². The summed E-state index contributed by atoms with van der Waals surface area (Å²) in [5.41, 5.74) is 6.86. The Morgan fingerprint density at radius 1 is 1.08 bits per heavy atom. The first kappa shape index (κ1) is 17.5. The number of carbonyl (C=O) groups is 2. The van der Waals surface area contributed by atoms with Crippen LogP contribution in [0.15, 0.2) is 65.8 Å². The monoisotopic (exact) mass is 354 g/mol. The van der Waals surface area contributed by atoms with Gasteiger partial charge in [0.2, 0.25) is 0 Å². The lowest BCUT2D eigenvalue weighted by atomic mass is 9.81. The number of anilines is 2. The number of benzene rings is 2. The van der Waals surface area contributed by atoms with Crippen molar-refractivity contribution >= 4 is 23.1 Å². The molecule has 1 amide bonds. The Morgan fingerprint density at radius 3 is 2.42 bits per heavy atom. The highest BCUT2D eigenvalue weighted by Gasteiger charge is 2.31. The first-order valence-corrected chi connectivity index (χ1v) is 7.91. The van der Waals surface area contributed by atoms with Crippen LogP contribution in [0.3, 0.4) is 0 Å². The van der Waals surface area contributed by atoms with Crippen LogP contribution in [-0.4, -0.2) is 11.7 Å². The number of nitrogen functional groups attached to an aromatic ring is 1. The van der Waals surface area contributed by atoms with Gasteiger partial charge in [-0.05, 0) is 48.9 Å². The van der Waals surface area contributed by atoms with Crippen molar-refractivity contribution in [2.24, 2.45) is 0 Å². The van der Waals surface area contributed by atoms with E-state index in [2.05, 4.69) is 5.32 Å². The van der Waals surface area contributed by atoms with E-state index in [9.17, 15) is 18.4 Å². The average Bonchev–Trinajstić information content (AvgIpc) is 2.60. The maximum atomic E-state index is 13.5. The van der Waals surface area contributed by atoms with Crippen LogP contribution < -0.4 is 11.1 Å². The predicted molar refractivity (Wildman–Crippen MR) is 95.4 cm³/mol. The van der Waals surface area contributed by atoms with Crippen molar-refractivity contribution in [3.8, 4) is 0 Å². The molecule has 0 radical (unpaired) electrons. The molecule has 0 aromatic heterocycles. The predicted octanol–water partition coefficient (Wildman–Crippen LogP) is 3.72. The van der Waals surface area contributed by atoms with Crippen molar-refractivity contribution in [2.45, 2.75) is 12.8 Å². The van der Waals surface area contributed by atoms with Gasteiger partial charge in [0.1, 0.15) is 11.6 Å². The van der Waals surface area contributed by atoms with Gasteiger partial charge in [-0.3, -0.25) is 9.59 Å². The van der Waals surface area contributed by atoms with Crippen LogP contribution in [0.2, 0.25) is 0 Å². The molecule has 26 heavy (non-hydrogen) atoms. The number of carbonyl (C=O) groups excluding carboxylic acids is 2. The molecular weight excluding hydrogens is 338 g/mol. The van der Waals surface area contributed by atoms with E-state index in [1.807, 2.05) is 0 Å². The number of rotatable bonds is 3. The van der Waals surface area contributed by atoms with Crippen LogP contribution in [0, 0.1) is 11.6 Å². The summed E-state index contributed by atoms with van der Waals surface area (Å²) in [7, 11) is 0. The highest BCUT2D eigenvalue weighted by molar-refractivity contribution is 6.26. The Bertz CT molecular complexity index is 947. The minimum Gasteiger partial charge on any atom is -0.396 e. The quantitative estimate of drug-likeness (QED) is 0.652. The van der Waals surface area contributed by atoms with Crippen LogP contribution in [0.4, 0.5) is 20.2 Å². The van der Waals surface area contributed by atoms with Crippen molar-refractivity contribution in [3.05, 3.63) is 83.0 Å². The van der Waals surface area contributed by atoms with E-state index < -0.39 is 29.2 Å². The van der Waals surface area contributed by atoms with Crippen LogP contribution in [-0.2, 0) is 9.59 Å². The van der Waals surface area contributed by atoms with Gasteiger partial charge in [-0.1, -0.05) is 23.8 Å². The molecule has 132 valence electrons. The summed E-state index contributed by atoms with van der Waals surface area (Å²) in [6, 6.07) is 9.43. The number of hydrogen-bond acceptors (Lipinski definition) is 3. The zero-order chi connectivity index (χ0) is 18.8. The minimum atomic E-state index is -0.662. The SMILES string of the molecule is CC1=CC=C(C(=O)Nc2ccc(N)c(F)c2)C(=O)C1c1ccc(F)cc1. The smallest absolute Gasteiger partial charge is 0.259 e. The molecule has 3 rings (SSSR count). The fourth-order valence-corrected chi connectivity index (χ4v) is 2.82. The van der Waals surface area contributed by atoms with E-state index in [0.29, 0.717) is 5.56 Å². The van der Waals surface area contributed by atoms with Gasteiger partial charge in [0, 0.05) is 5.69 Å². The van der Waals surface area contributed by atoms with E-state index in [1.165, 1.54) is 42.5 Å². The lowest BCUT2D eigenvalue weighted by Gasteiger charge is -2.22. The maximum absolute atomic E-state index is 13.5. The lowest BCUT2D eigenvalue weighted by molar-refractivity contribution is -0.120. The first-order valence-electron chi connectivity index (χ1n) is 7.91. The Labute approximate surface area is 149 Å². The van der Waals surface area contributed by atoms with E-state index in [1.54, 1.807) is 13.0 Å². The summed E-state index contributed by atoms with van der Waals surface area (Å²) in [6.07, 6.45) is 3.11. The van der Waals surface area contributed by atoms with Crippen molar-refractivity contribution in [2.75, 3.05) is 11.1 Å². The van der Waals surface area contributed by atoms with Crippen molar-refractivity contribution in [3.63, 3.8) is 0 Å². The third-order valence-electron chi connectivity index (χ3n) is 4.20. The molecule has 1 aliphatic carbocycles. The molecular formula is C20H16F2N2O2. The van der Waals surface area contributed by atoms with E-state index >= 15 is 0 Å². The van der Waals surface area contributed by atoms with Crippen LogP contribution in [0.5, 0.6) is 0 Å². The van der Waals surface area contributed by atoms with Gasteiger partial charge in [0.05, 0.1) is 17.2 Å². The Kier molecular flexibility index (Phi) is 4.67. The van der Waals surface area contributed by atoms with E-state index in [-0.39, 0.29) is 16.9 Å². The van der Waals surface area contributed by atoms with Crippen molar-refractivity contribution < 1.29 is 18.4 Å². The second kappa shape index (κ2) is 6.92. The van der Waals surface area contributed by atoms with Gasteiger partial charge >= 0.3 is 0 Å². The third-order valence-corrected chi connectivity index (χ3v) is 4.20. The molecule has 2 aromatic carbocycles. The molecule has 0 saturated heterocycles. The molecule has 4 nitrogen and oxygen atoms in total. The van der Waals surface area contributed by atoms with Crippen LogP contribution in [0.1, 0.15) is 18.4 Å². The Hall–Kier alpha value is -3.28. The number of allylic oxidation sites excluding steroid dienone is 3. The summed E-state index contributed by atoms with van der Waals surface area (Å²) < 4.78 is 26.7. The summed E-state index contributed by atoms with van der Waals surface area (Å²) >= 11 is 0. The fraction of sp³-hybridized carbons (Fsp3) is 0.100. The number of amides is 1. The molecule has 0 spiro atoms. The molecule has 0 heterocycles. The summed E-state index contributed by atoms with van der Waals surface area (Å²) in [6.45, 7) is 1.77. The number of nitrogens with two attached hydrogens (primary N) is 1. The number of hydrogen-bond donors (Lipinski definition) is 2. The van der Waals surface area contributed by atoms with Gasteiger partial charge in [-0.25, -0.2) is 8.78 Å². The second-order valence-electron chi connectivity index (χ2n) is 6.03. The summed E-state index contributed by atoms with van der Waals surface area (Å²) in [5.74, 6) is -2.77. The number of halogens is 2. The lowest BCUT2D eigenvalue weighted by Crippen LogP contribution is -2.27. The Morgan fingerprint density at radius 2 is 1.77 bits per heavy atom. The van der Waals surface area contributed by atoms with Gasteiger partial charge in [-0.15, -0.1) is 0 Å². The molecule has 0 saturated carbocycles. The molecule has 0 fully saturated rings. The molecule has 1 aliphatic rings. The first-order chi connectivity index (χ1) is 12.4. The normalized spacial score (nSPS) is 16.7. The average molecular weight is 354 g/mol. The van der Waals surface area contributed by atoms with Crippen LogP contribution >= 0.6 is 0 Å². The summed E-state index contributed by atoms with van der Waals surface area (Å²) in [5, 5.41) is 2.49. The van der Waals surface area contributed by atoms with Gasteiger partial charge in [0.25, 0.3) is 5.91 Å². The van der Waals surface area contributed by atoms with Gasteiger partial charge in [0.15, 0.2) is 5.78 Å². The fourth-order valence-electron chi connectivity index (χ4n) is 2.82. The highest BCUT2D eigenvalue weighted by atomic mass is 19.1. The molecule has 1 atom stereocenters. The number of nitrogens with one attached hydrogen (secondary N) is 1. The zero-order valence-electron chi connectivity index (χ0n) is 13.9. The standard InChI is InChI=1S/C20H16F2N2O2/c1-11-2-8-15(19(25)18(11)12-3-5-13(21)6-4-12)20(26)24-14-7-9-17(23)16(22)10-14/h2-10,18H,23H2,1H3,(H,24,26). The minimum absolute atomic E-state index is 0.0362. The maximum Gasteiger partial charge on any atom is 0.259 e. The Balaban J connectivity index is 1.85. The largest absolute Gasteiger partial charge is 0.396 e. The van der Waals surface area contributed by atoms with Crippen LogP contribution in [0.25, 0.3) is 0 Å². The van der Waals surface area contributed by atoms with Gasteiger partial charge < -0.3 is 11.1 Å². The third kappa shape index (κ3) is 3.39. The summed E-state index contributed by atoms with van der Waals surface area (Å²) in [4.78, 5) is 25.3. The molecule has 1 unspecified atom stereocenters. The molecule has 6 heteroatoms. The second-order valence-corrected chi connectivity index (χ2v) is 6.03. The topological polar surface area (TPSA) is 72.2 Å². The number of ketones is 1. The highest BCUT2D eigenvalue weighted by Crippen LogP contribution is 2.32. The molecule has 0 aliphatic heterocycles. The molecule has 2 aromatic rings. The van der Waals surface area contributed by atoms with E-state index in [4.69, 9.17) is 5.73 Å².